The molecule has 4 rings (SSSR count). The van der Waals surface area contributed by atoms with Crippen LogP contribution in [0.25, 0.3) is 21.8 Å². The van der Waals surface area contributed by atoms with E-state index >= 15 is 0 Å². The van der Waals surface area contributed by atoms with Gasteiger partial charge >= 0.3 is 10.1 Å². The maximum Gasteiger partial charge on any atom is 0.339 e. The van der Waals surface area contributed by atoms with Gasteiger partial charge in [0, 0.05) is 16.3 Å². The molecule has 0 aliphatic carbocycles. The van der Waals surface area contributed by atoms with E-state index in [4.69, 9.17) is 4.18 Å². The van der Waals surface area contributed by atoms with Gasteiger partial charge < -0.3 is 14.3 Å². The van der Waals surface area contributed by atoms with Crippen LogP contribution in [0.15, 0.2) is 65.1 Å². The molecule has 0 saturated carbocycles. The first kappa shape index (κ1) is 21.0. The summed E-state index contributed by atoms with van der Waals surface area (Å²) in [5.41, 5.74) is 5.12. The van der Waals surface area contributed by atoms with E-state index in [1.165, 1.54) is 0 Å². The maximum absolute atomic E-state index is 12.9. The lowest BCUT2D eigenvalue weighted by atomic mass is 10.0. The van der Waals surface area contributed by atoms with Gasteiger partial charge in [-0.1, -0.05) is 29.3 Å². The molecule has 0 aliphatic heterocycles. The Kier molecular flexibility index (Phi) is 5.27. The Morgan fingerprint density at radius 2 is 1.68 bits per heavy atom. The monoisotopic (exact) mass is 435 g/mol. The van der Waals surface area contributed by atoms with Crippen molar-refractivity contribution < 1.29 is 17.7 Å². The van der Waals surface area contributed by atoms with Crippen LogP contribution in [0.3, 0.4) is 0 Å². The largest absolute Gasteiger partial charge is 0.508 e. The van der Waals surface area contributed by atoms with Crippen molar-refractivity contribution in [2.75, 3.05) is 0 Å². The van der Waals surface area contributed by atoms with Crippen LogP contribution in [0, 0.1) is 13.8 Å². The molecule has 0 spiro atoms. The molecule has 5 nitrogen and oxygen atoms in total. The highest BCUT2D eigenvalue weighted by molar-refractivity contribution is 7.87. The third-order valence-electron chi connectivity index (χ3n) is 5.30. The summed E-state index contributed by atoms with van der Waals surface area (Å²) in [4.78, 5) is 3.41. The molecule has 2 N–H and O–H groups in total. The molecule has 0 aliphatic rings. The lowest BCUT2D eigenvalue weighted by molar-refractivity contribution is 0.470. The Morgan fingerprint density at radius 1 is 0.968 bits per heavy atom. The number of aryl methyl sites for hydroxylation is 2. The predicted molar refractivity (Wildman–Crippen MR) is 124 cm³/mol. The average molecular weight is 436 g/mol. The third kappa shape index (κ3) is 4.03. The molecule has 4 aromatic rings. The minimum atomic E-state index is -3.99. The first-order valence-corrected chi connectivity index (χ1v) is 11.5. The zero-order valence-electron chi connectivity index (χ0n) is 18.0. The zero-order chi connectivity index (χ0) is 22.3. The molecule has 6 heteroatoms. The lowest BCUT2D eigenvalue weighted by Crippen LogP contribution is -2.10. The molecule has 31 heavy (non-hydrogen) atoms. The summed E-state index contributed by atoms with van der Waals surface area (Å²) < 4.78 is 31.4. The van der Waals surface area contributed by atoms with E-state index in [0.29, 0.717) is 11.9 Å². The van der Waals surface area contributed by atoms with E-state index in [9.17, 15) is 13.5 Å². The lowest BCUT2D eigenvalue weighted by Gasteiger charge is -2.09. The van der Waals surface area contributed by atoms with Crippen LogP contribution in [0.5, 0.6) is 11.5 Å². The Hall–Kier alpha value is -3.25. The molecular weight excluding hydrogens is 410 g/mol. The normalized spacial score (nSPS) is 11.7. The molecule has 0 atom stereocenters. The summed E-state index contributed by atoms with van der Waals surface area (Å²) in [6.07, 6.45) is 2.61. The van der Waals surface area contributed by atoms with Gasteiger partial charge in [0.2, 0.25) is 0 Å². The Morgan fingerprint density at radius 3 is 2.35 bits per heavy atom. The molecule has 1 aromatic heterocycles. The molecule has 0 amide bonds. The predicted octanol–water partition coefficient (Wildman–Crippen LogP) is 5.92. The highest BCUT2D eigenvalue weighted by Gasteiger charge is 2.21. The molecule has 0 unspecified atom stereocenters. The summed E-state index contributed by atoms with van der Waals surface area (Å²) in [7, 11) is -3.99. The van der Waals surface area contributed by atoms with Gasteiger partial charge in [0.05, 0.1) is 11.0 Å². The van der Waals surface area contributed by atoms with Crippen molar-refractivity contribution in [2.24, 2.45) is 0 Å². The van der Waals surface area contributed by atoms with Gasteiger partial charge in [0.15, 0.2) is 5.75 Å². The fourth-order valence-corrected chi connectivity index (χ4v) is 4.61. The number of phenolic OH excluding ortho intramolecular Hbond substituents is 1. The SMILES string of the molecule is CC(C)=CCc1c(O)ccc2c1[nH]c1c(OS(=O)(=O)c3ccc(C)cc3)cc(C)cc12. The minimum absolute atomic E-state index is 0.103. The second-order valence-electron chi connectivity index (χ2n) is 8.13. The summed E-state index contributed by atoms with van der Waals surface area (Å²) in [5.74, 6) is 0.433. The topological polar surface area (TPSA) is 79.4 Å². The van der Waals surface area contributed by atoms with Crippen LogP contribution in [0.2, 0.25) is 0 Å². The third-order valence-corrected chi connectivity index (χ3v) is 6.55. The molecule has 0 radical (unpaired) electrons. The van der Waals surface area contributed by atoms with Crippen molar-refractivity contribution in [1.82, 2.24) is 4.98 Å². The van der Waals surface area contributed by atoms with Crippen LogP contribution in [0.4, 0.5) is 0 Å². The highest BCUT2D eigenvalue weighted by Crippen LogP contribution is 2.38. The van der Waals surface area contributed by atoms with Gasteiger partial charge in [-0.05, 0) is 76.1 Å². The summed E-state index contributed by atoms with van der Waals surface area (Å²) in [6.45, 7) is 7.81. The van der Waals surface area contributed by atoms with E-state index in [1.807, 2.05) is 45.9 Å². The van der Waals surface area contributed by atoms with Crippen LogP contribution in [-0.2, 0) is 16.5 Å². The summed E-state index contributed by atoms with van der Waals surface area (Å²) in [6, 6.07) is 13.8. The van der Waals surface area contributed by atoms with Crippen molar-refractivity contribution in [3.05, 3.63) is 76.9 Å². The molecule has 0 saturated heterocycles. The van der Waals surface area contributed by atoms with E-state index in [1.54, 1.807) is 36.4 Å². The Balaban J connectivity index is 1.89. The fraction of sp³-hybridized carbons (Fsp3) is 0.200. The number of aromatic hydroxyl groups is 1. The van der Waals surface area contributed by atoms with Crippen LogP contribution < -0.4 is 4.18 Å². The van der Waals surface area contributed by atoms with Crippen LogP contribution >= 0.6 is 0 Å². The van der Waals surface area contributed by atoms with Gasteiger partial charge in [0.25, 0.3) is 0 Å². The van der Waals surface area contributed by atoms with E-state index in [-0.39, 0.29) is 16.4 Å². The highest BCUT2D eigenvalue weighted by atomic mass is 32.2. The average Bonchev–Trinajstić information content (AvgIpc) is 3.06. The number of hydrogen-bond acceptors (Lipinski definition) is 4. The number of hydrogen-bond donors (Lipinski definition) is 2. The number of H-pyrrole nitrogens is 1. The number of rotatable bonds is 5. The number of aromatic nitrogens is 1. The smallest absolute Gasteiger partial charge is 0.339 e. The first-order chi connectivity index (χ1) is 14.7. The minimum Gasteiger partial charge on any atom is -0.508 e. The fourth-order valence-electron chi connectivity index (χ4n) is 3.67. The molecule has 1 heterocycles. The summed E-state index contributed by atoms with van der Waals surface area (Å²) >= 11 is 0. The number of nitrogens with one attached hydrogen (secondary N) is 1. The Labute approximate surface area is 182 Å². The molecule has 3 aromatic carbocycles. The quantitative estimate of drug-likeness (QED) is 0.301. The van der Waals surface area contributed by atoms with Crippen LogP contribution in [0.1, 0.15) is 30.5 Å². The summed E-state index contributed by atoms with van der Waals surface area (Å²) in [5, 5.41) is 12.2. The van der Waals surface area contributed by atoms with E-state index in [0.717, 1.165) is 38.6 Å². The standard InChI is InChI=1S/C25H25NO4S/c1-15(2)5-10-20-22(27)12-11-19-21-13-17(4)14-23(25(21)26-24(19)20)30-31(28,29)18-8-6-16(3)7-9-18/h5-9,11-14,26-27H,10H2,1-4H3. The van der Waals surface area contributed by atoms with E-state index < -0.39 is 10.1 Å². The second kappa shape index (κ2) is 7.78. The van der Waals surface area contributed by atoms with Gasteiger partial charge in [0.1, 0.15) is 10.6 Å². The number of fused-ring (bicyclic) bond motifs is 3. The van der Waals surface area contributed by atoms with Gasteiger partial charge in [-0.2, -0.15) is 8.42 Å². The molecule has 0 fully saturated rings. The number of aromatic amines is 1. The molecular formula is C25H25NO4S. The van der Waals surface area contributed by atoms with E-state index in [2.05, 4.69) is 4.98 Å². The number of benzene rings is 3. The van der Waals surface area contributed by atoms with Gasteiger partial charge in [-0.3, -0.25) is 0 Å². The maximum atomic E-state index is 12.9. The first-order valence-electron chi connectivity index (χ1n) is 10.1. The van der Waals surface area contributed by atoms with Crippen LogP contribution in [-0.4, -0.2) is 18.5 Å². The molecule has 0 bridgehead atoms. The number of allylic oxidation sites excluding steroid dienone is 2. The zero-order valence-corrected chi connectivity index (χ0v) is 18.8. The van der Waals surface area contributed by atoms with Crippen molar-refractivity contribution in [2.45, 2.75) is 39.0 Å². The van der Waals surface area contributed by atoms with Crippen molar-refractivity contribution in [1.29, 1.82) is 0 Å². The number of phenols is 1. The Bertz CT molecular complexity index is 1420. The van der Waals surface area contributed by atoms with Crippen molar-refractivity contribution in [3.8, 4) is 11.5 Å². The van der Waals surface area contributed by atoms with Gasteiger partial charge in [-0.25, -0.2) is 0 Å². The van der Waals surface area contributed by atoms with Crippen molar-refractivity contribution >= 4 is 31.9 Å². The second-order valence-corrected chi connectivity index (χ2v) is 9.68. The van der Waals surface area contributed by atoms with Gasteiger partial charge in [-0.15, -0.1) is 0 Å². The van der Waals surface area contributed by atoms with Crippen molar-refractivity contribution in [3.63, 3.8) is 0 Å². The molecule has 160 valence electrons.